The number of hydrogen-bond donors (Lipinski definition) is 2. The largest absolute Gasteiger partial charge is 0.494 e. The SMILES string of the molecule is COc1cccc(OC)c1Nc1sn([C@@H]2CCNC2)c(=O)c1C(=O)N1CCOCC1. The lowest BCUT2D eigenvalue weighted by Gasteiger charge is -2.26. The molecule has 10 heteroatoms. The Labute approximate surface area is 178 Å². The number of rotatable bonds is 6. The van der Waals surface area contributed by atoms with Crippen LogP contribution in [0.5, 0.6) is 11.5 Å². The Bertz CT molecular complexity index is 938. The zero-order valence-electron chi connectivity index (χ0n) is 17.1. The van der Waals surface area contributed by atoms with Crippen molar-refractivity contribution in [3.8, 4) is 11.5 Å². The molecule has 0 spiro atoms. The van der Waals surface area contributed by atoms with Crippen molar-refractivity contribution in [3.05, 3.63) is 34.1 Å². The van der Waals surface area contributed by atoms with Gasteiger partial charge < -0.3 is 29.7 Å². The van der Waals surface area contributed by atoms with Gasteiger partial charge in [0.2, 0.25) is 0 Å². The third-order valence-corrected chi connectivity index (χ3v) is 6.52. The summed E-state index contributed by atoms with van der Waals surface area (Å²) in [4.78, 5) is 28.3. The fourth-order valence-corrected chi connectivity index (χ4v) is 4.87. The topological polar surface area (TPSA) is 94.1 Å². The molecule has 9 nitrogen and oxygen atoms in total. The summed E-state index contributed by atoms with van der Waals surface area (Å²) < 4.78 is 18.0. The normalized spacial score (nSPS) is 19.0. The van der Waals surface area contributed by atoms with E-state index in [1.807, 2.05) is 6.07 Å². The number of morpholine rings is 1. The molecule has 1 atom stereocenters. The number of nitrogens with zero attached hydrogens (tertiary/aromatic N) is 2. The maximum Gasteiger partial charge on any atom is 0.276 e. The highest BCUT2D eigenvalue weighted by molar-refractivity contribution is 7.11. The summed E-state index contributed by atoms with van der Waals surface area (Å²) in [7, 11) is 3.13. The molecule has 2 fully saturated rings. The summed E-state index contributed by atoms with van der Waals surface area (Å²) in [5.41, 5.74) is 0.472. The summed E-state index contributed by atoms with van der Waals surface area (Å²) in [6.07, 6.45) is 0.850. The molecule has 1 aromatic heterocycles. The number of para-hydroxylation sites is 1. The predicted octanol–water partition coefficient (Wildman–Crippen LogP) is 1.68. The molecular formula is C20H26N4O5S. The molecule has 2 aliphatic rings. The molecule has 2 aliphatic heterocycles. The van der Waals surface area contributed by atoms with Gasteiger partial charge in [-0.25, -0.2) is 0 Å². The zero-order valence-corrected chi connectivity index (χ0v) is 17.9. The lowest BCUT2D eigenvalue weighted by molar-refractivity contribution is 0.0302. The number of aromatic nitrogens is 1. The van der Waals surface area contributed by atoms with Crippen LogP contribution < -0.4 is 25.7 Å². The Morgan fingerprint density at radius 2 is 1.93 bits per heavy atom. The summed E-state index contributed by atoms with van der Waals surface area (Å²) in [5, 5.41) is 7.04. The average molecular weight is 435 g/mol. The number of amides is 1. The van der Waals surface area contributed by atoms with Gasteiger partial charge in [-0.15, -0.1) is 0 Å². The monoisotopic (exact) mass is 434 g/mol. The molecule has 162 valence electrons. The van der Waals surface area contributed by atoms with E-state index in [0.717, 1.165) is 13.0 Å². The van der Waals surface area contributed by atoms with Gasteiger partial charge in [0.25, 0.3) is 11.5 Å². The van der Waals surface area contributed by atoms with E-state index in [2.05, 4.69) is 10.6 Å². The third-order valence-electron chi connectivity index (χ3n) is 5.38. The molecule has 0 radical (unpaired) electrons. The first-order chi connectivity index (χ1) is 14.6. The fourth-order valence-electron chi connectivity index (χ4n) is 3.76. The molecule has 2 N–H and O–H groups in total. The minimum atomic E-state index is -0.277. The summed E-state index contributed by atoms with van der Waals surface area (Å²) >= 11 is 1.27. The number of carbonyl (C=O) groups excluding carboxylic acids is 1. The Kier molecular flexibility index (Phi) is 6.26. The molecular weight excluding hydrogens is 408 g/mol. The van der Waals surface area contributed by atoms with Gasteiger partial charge in [0, 0.05) is 19.6 Å². The van der Waals surface area contributed by atoms with E-state index in [1.54, 1.807) is 35.2 Å². The quantitative estimate of drug-likeness (QED) is 0.714. The second kappa shape index (κ2) is 9.07. The van der Waals surface area contributed by atoms with Gasteiger partial charge in [-0.3, -0.25) is 13.5 Å². The highest BCUT2D eigenvalue weighted by Crippen LogP contribution is 2.39. The van der Waals surface area contributed by atoms with Crippen molar-refractivity contribution in [1.29, 1.82) is 0 Å². The summed E-state index contributed by atoms with van der Waals surface area (Å²) in [6, 6.07) is 5.46. The van der Waals surface area contributed by atoms with Crippen LogP contribution in [0.15, 0.2) is 23.0 Å². The first kappa shape index (κ1) is 20.7. The van der Waals surface area contributed by atoms with Gasteiger partial charge in [-0.05, 0) is 36.6 Å². The van der Waals surface area contributed by atoms with Crippen LogP contribution in [0.25, 0.3) is 0 Å². The van der Waals surface area contributed by atoms with Gasteiger partial charge in [0.1, 0.15) is 27.8 Å². The fraction of sp³-hybridized carbons (Fsp3) is 0.500. The number of benzene rings is 1. The molecule has 0 aliphatic carbocycles. The van der Waals surface area contributed by atoms with Gasteiger partial charge >= 0.3 is 0 Å². The maximum absolute atomic E-state index is 13.3. The third kappa shape index (κ3) is 3.90. The number of methoxy groups -OCH3 is 2. The Hall–Kier alpha value is -2.56. The van der Waals surface area contributed by atoms with Crippen molar-refractivity contribution < 1.29 is 19.0 Å². The van der Waals surface area contributed by atoms with Crippen LogP contribution in [0.2, 0.25) is 0 Å². The van der Waals surface area contributed by atoms with Crippen LogP contribution in [-0.4, -0.2) is 68.4 Å². The van der Waals surface area contributed by atoms with Crippen LogP contribution in [0.1, 0.15) is 22.8 Å². The Morgan fingerprint density at radius 3 is 2.53 bits per heavy atom. The van der Waals surface area contributed by atoms with Crippen LogP contribution in [0, 0.1) is 0 Å². The number of hydrogen-bond acceptors (Lipinski definition) is 8. The highest BCUT2D eigenvalue weighted by Gasteiger charge is 2.31. The van der Waals surface area contributed by atoms with E-state index in [-0.39, 0.29) is 23.1 Å². The number of ether oxygens (including phenoxy) is 3. The molecule has 0 bridgehead atoms. The van der Waals surface area contributed by atoms with E-state index in [9.17, 15) is 9.59 Å². The second-order valence-electron chi connectivity index (χ2n) is 7.14. The summed E-state index contributed by atoms with van der Waals surface area (Å²) in [5.74, 6) is 0.851. The van der Waals surface area contributed by atoms with Crippen molar-refractivity contribution >= 4 is 28.1 Å². The highest BCUT2D eigenvalue weighted by atomic mass is 32.1. The van der Waals surface area contributed by atoms with Crippen molar-refractivity contribution in [2.45, 2.75) is 12.5 Å². The van der Waals surface area contributed by atoms with Crippen LogP contribution >= 0.6 is 11.5 Å². The number of nitrogens with one attached hydrogen (secondary N) is 2. The van der Waals surface area contributed by atoms with Crippen LogP contribution in [0.3, 0.4) is 0 Å². The molecule has 2 aromatic rings. The van der Waals surface area contributed by atoms with Crippen LogP contribution in [-0.2, 0) is 4.74 Å². The predicted molar refractivity (Wildman–Crippen MR) is 115 cm³/mol. The van der Waals surface area contributed by atoms with Crippen molar-refractivity contribution in [2.24, 2.45) is 0 Å². The van der Waals surface area contributed by atoms with Gasteiger partial charge in [0.05, 0.1) is 33.5 Å². The van der Waals surface area contributed by atoms with E-state index >= 15 is 0 Å². The molecule has 1 amide bonds. The lowest BCUT2D eigenvalue weighted by Crippen LogP contribution is -2.42. The first-order valence-corrected chi connectivity index (χ1v) is 10.7. The van der Waals surface area contributed by atoms with Crippen molar-refractivity contribution in [2.75, 3.05) is 58.9 Å². The molecule has 2 saturated heterocycles. The maximum atomic E-state index is 13.3. The van der Waals surface area contributed by atoms with Gasteiger partial charge in [-0.1, -0.05) is 6.07 Å². The minimum Gasteiger partial charge on any atom is -0.494 e. The summed E-state index contributed by atoms with van der Waals surface area (Å²) in [6.45, 7) is 3.44. The van der Waals surface area contributed by atoms with Crippen molar-refractivity contribution in [3.63, 3.8) is 0 Å². The van der Waals surface area contributed by atoms with E-state index < -0.39 is 0 Å². The van der Waals surface area contributed by atoms with E-state index in [4.69, 9.17) is 14.2 Å². The number of anilines is 2. The Morgan fingerprint density at radius 1 is 1.23 bits per heavy atom. The standard InChI is InChI=1S/C20H26N4O5S/c1-27-14-4-3-5-15(28-2)17(14)22-18-16(19(25)23-8-10-29-11-9-23)20(26)24(30-18)13-6-7-21-12-13/h3-5,13,21-22H,6-12H2,1-2H3/t13-/m1/s1. The molecule has 4 rings (SSSR count). The molecule has 3 heterocycles. The molecule has 0 saturated carbocycles. The Balaban J connectivity index is 1.77. The van der Waals surface area contributed by atoms with Gasteiger partial charge in [-0.2, -0.15) is 0 Å². The average Bonchev–Trinajstić information content (AvgIpc) is 3.42. The number of carbonyl (C=O) groups is 1. The first-order valence-electron chi connectivity index (χ1n) is 9.95. The second-order valence-corrected chi connectivity index (χ2v) is 8.12. The van der Waals surface area contributed by atoms with Crippen LogP contribution in [0.4, 0.5) is 10.7 Å². The zero-order chi connectivity index (χ0) is 21.1. The lowest BCUT2D eigenvalue weighted by atomic mass is 10.2. The molecule has 1 aromatic carbocycles. The van der Waals surface area contributed by atoms with E-state index in [1.165, 1.54) is 11.5 Å². The smallest absolute Gasteiger partial charge is 0.276 e. The van der Waals surface area contributed by atoms with Gasteiger partial charge in [0.15, 0.2) is 0 Å². The van der Waals surface area contributed by atoms with Crippen molar-refractivity contribution in [1.82, 2.24) is 14.2 Å². The minimum absolute atomic E-state index is 0.0360. The molecule has 0 unspecified atom stereocenters. The van der Waals surface area contributed by atoms with E-state index in [0.29, 0.717) is 55.0 Å². The molecule has 30 heavy (non-hydrogen) atoms.